The molecule has 1 atom stereocenters. The van der Waals surface area contributed by atoms with E-state index in [1.54, 1.807) is 17.2 Å². The van der Waals surface area contributed by atoms with Gasteiger partial charge in [-0.2, -0.15) is 0 Å². The number of benzene rings is 2. The predicted molar refractivity (Wildman–Crippen MR) is 97.0 cm³/mol. The van der Waals surface area contributed by atoms with E-state index in [9.17, 15) is 9.90 Å². The summed E-state index contributed by atoms with van der Waals surface area (Å²) in [6, 6.07) is 16.3. The fourth-order valence-electron chi connectivity index (χ4n) is 2.53. The molecule has 0 fully saturated rings. The Balaban J connectivity index is 1.89. The third-order valence-corrected chi connectivity index (χ3v) is 4.72. The zero-order valence-corrected chi connectivity index (χ0v) is 14.6. The van der Waals surface area contributed by atoms with E-state index in [1.807, 2.05) is 24.3 Å². The number of unbranched alkanes of at least 4 members (excludes halogenated alkanes) is 1. The van der Waals surface area contributed by atoms with E-state index in [4.69, 9.17) is 5.21 Å². The summed E-state index contributed by atoms with van der Waals surface area (Å²) in [5.74, 6) is -0.388. The molecule has 0 spiro atoms. The molecule has 24 heavy (non-hydrogen) atoms. The minimum absolute atomic E-state index is 0.272. The van der Waals surface area contributed by atoms with Gasteiger partial charge in [0, 0.05) is 11.3 Å². The number of carbonyl (C=O) groups is 1. The Hall–Kier alpha value is -1.82. The monoisotopic (exact) mass is 345 g/mol. The van der Waals surface area contributed by atoms with E-state index >= 15 is 0 Å². The minimum atomic E-state index is -0.532. The molecular weight excluding hydrogens is 322 g/mol. The molecule has 5 heteroatoms. The fraction of sp³-hybridized carbons (Fsp3) is 0.316. The number of carbonyl (C=O) groups excluding carboxylic acids is 1. The second kappa shape index (κ2) is 9.47. The van der Waals surface area contributed by atoms with Gasteiger partial charge in [0.1, 0.15) is 0 Å². The normalized spacial score (nSPS) is 12.0. The van der Waals surface area contributed by atoms with Gasteiger partial charge in [-0.1, -0.05) is 42.8 Å². The highest BCUT2D eigenvalue weighted by molar-refractivity contribution is 7.98. The molecule has 0 aliphatic carbocycles. The number of rotatable bonds is 8. The summed E-state index contributed by atoms with van der Waals surface area (Å²) in [4.78, 5) is 12.2. The van der Waals surface area contributed by atoms with Gasteiger partial charge in [0.25, 0.3) is 0 Å². The van der Waals surface area contributed by atoms with Crippen LogP contribution in [0.25, 0.3) is 11.1 Å². The maximum atomic E-state index is 10.9. The molecule has 2 aromatic carbocycles. The Kier molecular flexibility index (Phi) is 7.31. The second-order valence-corrected chi connectivity index (χ2v) is 6.53. The fourth-order valence-corrected chi connectivity index (χ4v) is 2.94. The van der Waals surface area contributed by atoms with Gasteiger partial charge in [0.15, 0.2) is 0 Å². The molecule has 0 aromatic heterocycles. The van der Waals surface area contributed by atoms with Crippen LogP contribution in [0.2, 0.25) is 0 Å². The lowest BCUT2D eigenvalue weighted by Gasteiger charge is -2.12. The molecule has 0 aliphatic rings. The first-order chi connectivity index (χ1) is 11.6. The van der Waals surface area contributed by atoms with E-state index in [0.29, 0.717) is 12.8 Å². The lowest BCUT2D eigenvalue weighted by molar-refractivity contribution is -0.129. The summed E-state index contributed by atoms with van der Waals surface area (Å²) in [6.45, 7) is 0. The average molecular weight is 345 g/mol. The van der Waals surface area contributed by atoms with Crippen LogP contribution >= 0.6 is 11.8 Å². The van der Waals surface area contributed by atoms with Crippen molar-refractivity contribution in [3.05, 3.63) is 54.1 Å². The highest BCUT2D eigenvalue weighted by Crippen LogP contribution is 2.26. The Morgan fingerprint density at radius 2 is 1.62 bits per heavy atom. The van der Waals surface area contributed by atoms with Crippen LogP contribution in [0.5, 0.6) is 0 Å². The van der Waals surface area contributed by atoms with Gasteiger partial charge in [-0.3, -0.25) is 10.0 Å². The van der Waals surface area contributed by atoms with Gasteiger partial charge in [0.05, 0.1) is 6.10 Å². The smallest absolute Gasteiger partial charge is 0.243 e. The molecule has 0 saturated heterocycles. The van der Waals surface area contributed by atoms with Crippen molar-refractivity contribution in [1.29, 1.82) is 0 Å². The quantitative estimate of drug-likeness (QED) is 0.291. The van der Waals surface area contributed by atoms with Crippen LogP contribution in [-0.2, 0) is 4.79 Å². The lowest BCUT2D eigenvalue weighted by atomic mass is 9.99. The van der Waals surface area contributed by atoms with Crippen molar-refractivity contribution < 1.29 is 15.1 Å². The zero-order chi connectivity index (χ0) is 17.4. The number of hydroxylamine groups is 1. The van der Waals surface area contributed by atoms with E-state index in [0.717, 1.165) is 23.1 Å². The summed E-state index contributed by atoms with van der Waals surface area (Å²) in [7, 11) is 0. The zero-order valence-electron chi connectivity index (χ0n) is 13.7. The van der Waals surface area contributed by atoms with Crippen LogP contribution in [0.1, 0.15) is 37.4 Å². The molecule has 0 bridgehead atoms. The van der Waals surface area contributed by atoms with E-state index in [1.165, 1.54) is 4.90 Å². The predicted octanol–water partition coefficient (Wildman–Crippen LogP) is 4.17. The Morgan fingerprint density at radius 3 is 2.17 bits per heavy atom. The highest BCUT2D eigenvalue weighted by Gasteiger charge is 2.08. The molecule has 0 unspecified atom stereocenters. The Morgan fingerprint density at radius 1 is 1.04 bits per heavy atom. The highest BCUT2D eigenvalue weighted by atomic mass is 32.2. The van der Waals surface area contributed by atoms with Crippen LogP contribution in [-0.4, -0.2) is 22.5 Å². The maximum absolute atomic E-state index is 10.9. The number of hydrogen-bond donors (Lipinski definition) is 3. The van der Waals surface area contributed by atoms with Crippen molar-refractivity contribution in [1.82, 2.24) is 5.48 Å². The molecule has 0 radical (unpaired) electrons. The molecule has 0 saturated carbocycles. The topological polar surface area (TPSA) is 69.6 Å². The van der Waals surface area contributed by atoms with Crippen molar-refractivity contribution in [2.75, 3.05) is 6.26 Å². The molecule has 2 rings (SSSR count). The van der Waals surface area contributed by atoms with Crippen LogP contribution < -0.4 is 5.48 Å². The van der Waals surface area contributed by atoms with Crippen molar-refractivity contribution >= 4 is 17.7 Å². The number of aliphatic hydroxyl groups is 1. The first kappa shape index (κ1) is 18.5. The van der Waals surface area contributed by atoms with Gasteiger partial charge >= 0.3 is 0 Å². The number of thioether (sulfide) groups is 1. The molecular formula is C19H23NO3S. The van der Waals surface area contributed by atoms with Crippen molar-refractivity contribution in [2.24, 2.45) is 0 Å². The average Bonchev–Trinajstić information content (AvgIpc) is 2.65. The first-order valence-electron chi connectivity index (χ1n) is 7.99. The van der Waals surface area contributed by atoms with Crippen molar-refractivity contribution in [3.63, 3.8) is 0 Å². The SMILES string of the molecule is CSc1ccc(-c2ccc([C@H](O)CCCCC(=O)NO)cc2)cc1. The maximum Gasteiger partial charge on any atom is 0.243 e. The molecule has 1 amide bonds. The van der Waals surface area contributed by atoms with Crippen LogP contribution in [0, 0.1) is 0 Å². The largest absolute Gasteiger partial charge is 0.388 e. The van der Waals surface area contributed by atoms with E-state index in [2.05, 4.69) is 30.5 Å². The second-order valence-electron chi connectivity index (χ2n) is 5.65. The van der Waals surface area contributed by atoms with Crippen molar-refractivity contribution in [3.8, 4) is 11.1 Å². The molecule has 128 valence electrons. The summed E-state index contributed by atoms with van der Waals surface area (Å²) in [5.41, 5.74) is 4.77. The van der Waals surface area contributed by atoms with E-state index in [-0.39, 0.29) is 12.3 Å². The first-order valence-corrected chi connectivity index (χ1v) is 9.22. The molecule has 3 N–H and O–H groups in total. The molecule has 0 aliphatic heterocycles. The summed E-state index contributed by atoms with van der Waals surface area (Å²) < 4.78 is 0. The summed E-state index contributed by atoms with van der Waals surface area (Å²) >= 11 is 1.72. The standard InChI is InChI=1S/C19H23NO3S/c1-24-17-12-10-15(11-13-17)14-6-8-16(9-7-14)18(21)4-2-3-5-19(22)20-23/h6-13,18,21,23H,2-5H2,1H3,(H,20,22)/t18-/m1/s1. The summed E-state index contributed by atoms with van der Waals surface area (Å²) in [6.07, 6.45) is 3.77. The lowest BCUT2D eigenvalue weighted by Crippen LogP contribution is -2.17. The van der Waals surface area contributed by atoms with Gasteiger partial charge in [0.2, 0.25) is 5.91 Å². The molecule has 0 heterocycles. The number of hydrogen-bond acceptors (Lipinski definition) is 4. The number of aliphatic hydroxyl groups excluding tert-OH is 1. The molecule has 4 nitrogen and oxygen atoms in total. The summed E-state index contributed by atoms with van der Waals surface area (Å²) in [5, 5.41) is 18.6. The Labute approximate surface area is 146 Å². The van der Waals surface area contributed by atoms with Crippen LogP contribution in [0.3, 0.4) is 0 Å². The minimum Gasteiger partial charge on any atom is -0.388 e. The van der Waals surface area contributed by atoms with Gasteiger partial charge in [-0.15, -0.1) is 11.8 Å². The van der Waals surface area contributed by atoms with Gasteiger partial charge in [-0.25, -0.2) is 5.48 Å². The third kappa shape index (κ3) is 5.37. The van der Waals surface area contributed by atoms with E-state index < -0.39 is 6.10 Å². The van der Waals surface area contributed by atoms with Gasteiger partial charge < -0.3 is 5.11 Å². The van der Waals surface area contributed by atoms with Gasteiger partial charge in [-0.05, 0) is 47.9 Å². The number of amides is 1. The van der Waals surface area contributed by atoms with Crippen LogP contribution in [0.15, 0.2) is 53.4 Å². The Bertz CT molecular complexity index is 641. The van der Waals surface area contributed by atoms with Crippen LogP contribution in [0.4, 0.5) is 0 Å². The number of nitrogens with one attached hydrogen (secondary N) is 1. The van der Waals surface area contributed by atoms with Crippen molar-refractivity contribution in [2.45, 2.75) is 36.7 Å². The molecule has 2 aromatic rings. The third-order valence-electron chi connectivity index (χ3n) is 3.97.